The van der Waals surface area contributed by atoms with Gasteiger partial charge in [0.15, 0.2) is 0 Å². The molecule has 1 aromatic heterocycles. The second-order valence-electron chi connectivity index (χ2n) is 4.62. The molecule has 0 saturated carbocycles. The van der Waals surface area contributed by atoms with E-state index >= 15 is 0 Å². The highest BCUT2D eigenvalue weighted by atomic mass is 16.5. The van der Waals surface area contributed by atoms with Gasteiger partial charge in [0.05, 0.1) is 5.52 Å². The van der Waals surface area contributed by atoms with Crippen molar-refractivity contribution in [2.75, 3.05) is 0 Å². The largest absolute Gasteiger partial charge is 0.478 e. The SMILES string of the molecule is Cc1ccc(Oc2ncc3ccccc3n2)c(C(=O)O)c1. The standard InChI is InChI=1S/C16H12N2O3/c1-10-6-7-14(12(8-10)15(19)20)21-16-17-9-11-4-2-3-5-13(11)18-16/h2-9H,1H3,(H,19,20). The van der Waals surface area contributed by atoms with Gasteiger partial charge in [0.2, 0.25) is 0 Å². The first-order chi connectivity index (χ1) is 10.1. The fraction of sp³-hybridized carbons (Fsp3) is 0.0625. The van der Waals surface area contributed by atoms with Gasteiger partial charge in [-0.1, -0.05) is 29.8 Å². The third-order valence-electron chi connectivity index (χ3n) is 3.03. The Morgan fingerprint density at radius 2 is 2.00 bits per heavy atom. The van der Waals surface area contributed by atoms with Gasteiger partial charge in [-0.15, -0.1) is 0 Å². The molecule has 3 rings (SSSR count). The van der Waals surface area contributed by atoms with Gasteiger partial charge in [0, 0.05) is 11.6 Å². The first-order valence-electron chi connectivity index (χ1n) is 6.37. The van der Waals surface area contributed by atoms with E-state index in [1.54, 1.807) is 24.4 Å². The molecular formula is C16H12N2O3. The maximum absolute atomic E-state index is 11.3. The van der Waals surface area contributed by atoms with E-state index in [1.165, 1.54) is 0 Å². The zero-order valence-corrected chi connectivity index (χ0v) is 11.3. The number of fused-ring (bicyclic) bond motifs is 1. The Morgan fingerprint density at radius 1 is 1.19 bits per heavy atom. The van der Waals surface area contributed by atoms with Crippen molar-refractivity contribution in [2.45, 2.75) is 6.92 Å². The number of carboxylic acid groups (broad SMARTS) is 1. The number of ether oxygens (including phenoxy) is 1. The second kappa shape index (κ2) is 5.20. The molecule has 104 valence electrons. The molecule has 0 atom stereocenters. The minimum atomic E-state index is -1.05. The van der Waals surface area contributed by atoms with Crippen LogP contribution in [0.25, 0.3) is 10.9 Å². The predicted octanol–water partition coefficient (Wildman–Crippen LogP) is 3.43. The maximum atomic E-state index is 11.3. The highest BCUT2D eigenvalue weighted by Crippen LogP contribution is 2.25. The Bertz CT molecular complexity index is 831. The van der Waals surface area contributed by atoms with Crippen LogP contribution in [0.1, 0.15) is 15.9 Å². The number of nitrogens with zero attached hydrogens (tertiary/aromatic N) is 2. The zero-order chi connectivity index (χ0) is 14.8. The van der Waals surface area contributed by atoms with Crippen LogP contribution in [-0.2, 0) is 0 Å². The molecular weight excluding hydrogens is 268 g/mol. The summed E-state index contributed by atoms with van der Waals surface area (Å²) in [6.45, 7) is 1.82. The quantitative estimate of drug-likeness (QED) is 0.795. The van der Waals surface area contributed by atoms with Crippen LogP contribution in [-0.4, -0.2) is 21.0 Å². The number of aromatic nitrogens is 2. The number of rotatable bonds is 3. The van der Waals surface area contributed by atoms with E-state index in [-0.39, 0.29) is 17.3 Å². The minimum Gasteiger partial charge on any atom is -0.478 e. The van der Waals surface area contributed by atoms with Gasteiger partial charge in [-0.05, 0) is 25.1 Å². The van der Waals surface area contributed by atoms with Crippen LogP contribution in [0.2, 0.25) is 0 Å². The predicted molar refractivity (Wildman–Crippen MR) is 77.8 cm³/mol. The topological polar surface area (TPSA) is 72.3 Å². The summed E-state index contributed by atoms with van der Waals surface area (Å²) >= 11 is 0. The summed E-state index contributed by atoms with van der Waals surface area (Å²) in [6, 6.07) is 12.6. The highest BCUT2D eigenvalue weighted by molar-refractivity contribution is 5.91. The Kier molecular flexibility index (Phi) is 3.23. The van der Waals surface area contributed by atoms with E-state index < -0.39 is 5.97 Å². The number of para-hydroxylation sites is 1. The summed E-state index contributed by atoms with van der Waals surface area (Å²) in [4.78, 5) is 19.6. The van der Waals surface area contributed by atoms with E-state index in [4.69, 9.17) is 4.74 Å². The smallest absolute Gasteiger partial charge is 0.339 e. The molecule has 1 N–H and O–H groups in total. The number of benzene rings is 2. The highest BCUT2D eigenvalue weighted by Gasteiger charge is 2.13. The average molecular weight is 280 g/mol. The molecule has 21 heavy (non-hydrogen) atoms. The molecule has 5 heteroatoms. The number of hydrogen-bond acceptors (Lipinski definition) is 4. The van der Waals surface area contributed by atoms with E-state index in [2.05, 4.69) is 9.97 Å². The molecule has 0 aliphatic heterocycles. The molecule has 0 bridgehead atoms. The van der Waals surface area contributed by atoms with Crippen molar-refractivity contribution < 1.29 is 14.6 Å². The molecule has 3 aromatic rings. The molecule has 1 heterocycles. The molecule has 0 aliphatic rings. The number of aromatic carboxylic acids is 1. The average Bonchev–Trinajstić information content (AvgIpc) is 2.49. The molecule has 0 radical (unpaired) electrons. The van der Waals surface area contributed by atoms with Crippen molar-refractivity contribution >= 4 is 16.9 Å². The first-order valence-corrected chi connectivity index (χ1v) is 6.37. The Balaban J connectivity index is 2.00. The summed E-state index contributed by atoms with van der Waals surface area (Å²) in [5.74, 6) is -0.821. The normalized spacial score (nSPS) is 10.5. The molecule has 2 aromatic carbocycles. The summed E-state index contributed by atoms with van der Waals surface area (Å²) in [5.41, 5.74) is 1.68. The van der Waals surface area contributed by atoms with E-state index in [1.807, 2.05) is 31.2 Å². The van der Waals surface area contributed by atoms with Gasteiger partial charge in [0.1, 0.15) is 11.3 Å². The fourth-order valence-electron chi connectivity index (χ4n) is 2.00. The van der Waals surface area contributed by atoms with Crippen molar-refractivity contribution in [3.8, 4) is 11.8 Å². The fourth-order valence-corrected chi connectivity index (χ4v) is 2.00. The first kappa shape index (κ1) is 13.1. The van der Waals surface area contributed by atoms with Gasteiger partial charge in [0.25, 0.3) is 0 Å². The maximum Gasteiger partial charge on any atom is 0.339 e. The van der Waals surface area contributed by atoms with Gasteiger partial charge >= 0.3 is 12.0 Å². The van der Waals surface area contributed by atoms with Crippen LogP contribution in [0.15, 0.2) is 48.7 Å². The second-order valence-corrected chi connectivity index (χ2v) is 4.62. The van der Waals surface area contributed by atoms with Crippen molar-refractivity contribution in [1.29, 1.82) is 0 Å². The van der Waals surface area contributed by atoms with Gasteiger partial charge in [-0.25, -0.2) is 9.78 Å². The van der Waals surface area contributed by atoms with Crippen molar-refractivity contribution in [2.24, 2.45) is 0 Å². The van der Waals surface area contributed by atoms with Crippen LogP contribution in [0.5, 0.6) is 11.8 Å². The lowest BCUT2D eigenvalue weighted by atomic mass is 10.1. The van der Waals surface area contributed by atoms with Crippen LogP contribution in [0, 0.1) is 6.92 Å². The molecule has 0 fully saturated rings. The third kappa shape index (κ3) is 2.67. The van der Waals surface area contributed by atoms with Crippen LogP contribution in [0.4, 0.5) is 0 Å². The lowest BCUT2D eigenvalue weighted by Crippen LogP contribution is -2.02. The lowest BCUT2D eigenvalue weighted by Gasteiger charge is -2.08. The van der Waals surface area contributed by atoms with Crippen molar-refractivity contribution in [1.82, 2.24) is 9.97 Å². The molecule has 5 nitrogen and oxygen atoms in total. The molecule has 0 saturated heterocycles. The third-order valence-corrected chi connectivity index (χ3v) is 3.03. The number of aryl methyl sites for hydroxylation is 1. The summed E-state index contributed by atoms with van der Waals surface area (Å²) in [5, 5.41) is 10.1. The van der Waals surface area contributed by atoms with Gasteiger partial charge < -0.3 is 9.84 Å². The number of carboxylic acids is 1. The lowest BCUT2D eigenvalue weighted by molar-refractivity contribution is 0.0694. The Morgan fingerprint density at radius 3 is 2.81 bits per heavy atom. The molecule has 0 aliphatic carbocycles. The van der Waals surface area contributed by atoms with E-state index in [0.29, 0.717) is 0 Å². The van der Waals surface area contributed by atoms with Crippen LogP contribution >= 0.6 is 0 Å². The molecule has 0 unspecified atom stereocenters. The van der Waals surface area contributed by atoms with Gasteiger partial charge in [-0.2, -0.15) is 4.98 Å². The summed E-state index contributed by atoms with van der Waals surface area (Å²) < 4.78 is 5.53. The van der Waals surface area contributed by atoms with Crippen molar-refractivity contribution in [3.63, 3.8) is 0 Å². The zero-order valence-electron chi connectivity index (χ0n) is 11.3. The Labute approximate surface area is 120 Å². The van der Waals surface area contributed by atoms with Crippen LogP contribution in [0.3, 0.4) is 0 Å². The van der Waals surface area contributed by atoms with Crippen molar-refractivity contribution in [3.05, 3.63) is 59.8 Å². The monoisotopic (exact) mass is 280 g/mol. The summed E-state index contributed by atoms with van der Waals surface area (Å²) in [7, 11) is 0. The number of hydrogen-bond donors (Lipinski definition) is 1. The Hall–Kier alpha value is -2.95. The minimum absolute atomic E-state index is 0.0896. The van der Waals surface area contributed by atoms with E-state index in [9.17, 15) is 9.90 Å². The number of carbonyl (C=O) groups is 1. The molecule has 0 amide bonds. The van der Waals surface area contributed by atoms with E-state index in [0.717, 1.165) is 16.5 Å². The van der Waals surface area contributed by atoms with Crippen LogP contribution < -0.4 is 4.74 Å². The van der Waals surface area contributed by atoms with Gasteiger partial charge in [-0.3, -0.25) is 0 Å². The molecule has 0 spiro atoms. The summed E-state index contributed by atoms with van der Waals surface area (Å²) in [6.07, 6.45) is 1.65.